The first-order chi connectivity index (χ1) is 9.79. The zero-order valence-electron chi connectivity index (χ0n) is 10.6. The van der Waals surface area contributed by atoms with Gasteiger partial charge in [0.25, 0.3) is 0 Å². The Morgan fingerprint density at radius 1 is 1.25 bits per heavy atom. The molecule has 0 bridgehead atoms. The number of hydrogen-bond acceptors (Lipinski definition) is 5. The molecule has 20 heavy (non-hydrogen) atoms. The van der Waals surface area contributed by atoms with E-state index in [-0.39, 0.29) is 5.97 Å². The molecule has 0 aliphatic heterocycles. The minimum Gasteiger partial charge on any atom is -0.453 e. The quantitative estimate of drug-likeness (QED) is 0.464. The standard InChI is InChI=1S/C15H13NO2S2/c17-15(12-6-2-1-3-7-12)18-13(10-19)11-20-14-8-4-5-9-16-14/h1-10,13H,11H2. The lowest BCUT2D eigenvalue weighted by molar-refractivity contribution is 0.0467. The van der Waals surface area contributed by atoms with Gasteiger partial charge in [-0.1, -0.05) is 36.5 Å². The number of thioether (sulfide) groups is 1. The average molecular weight is 303 g/mol. The van der Waals surface area contributed by atoms with Gasteiger partial charge in [-0.25, -0.2) is 9.78 Å². The molecule has 2 rings (SSSR count). The monoisotopic (exact) mass is 303 g/mol. The number of pyridine rings is 1. The molecule has 0 saturated heterocycles. The van der Waals surface area contributed by atoms with Gasteiger partial charge in [0, 0.05) is 17.3 Å². The van der Waals surface area contributed by atoms with Crippen LogP contribution in [0.3, 0.4) is 0 Å². The largest absolute Gasteiger partial charge is 0.453 e. The molecule has 5 heteroatoms. The zero-order chi connectivity index (χ0) is 14.2. The fourth-order valence-electron chi connectivity index (χ4n) is 1.48. The summed E-state index contributed by atoms with van der Waals surface area (Å²) in [6.07, 6.45) is 1.31. The number of carbonyl (C=O) groups is 1. The Kier molecular flexibility index (Phi) is 5.70. The molecule has 1 heterocycles. The van der Waals surface area contributed by atoms with Gasteiger partial charge >= 0.3 is 5.97 Å². The molecule has 0 radical (unpaired) electrons. The second kappa shape index (κ2) is 7.77. The van der Waals surface area contributed by atoms with E-state index in [2.05, 4.69) is 4.98 Å². The van der Waals surface area contributed by atoms with Crippen LogP contribution in [0.1, 0.15) is 10.4 Å². The van der Waals surface area contributed by atoms with Crippen molar-refractivity contribution in [1.29, 1.82) is 0 Å². The Hall–Kier alpha value is -1.72. The summed E-state index contributed by atoms with van der Waals surface area (Å²) >= 11 is 6.43. The van der Waals surface area contributed by atoms with Gasteiger partial charge in [0.1, 0.15) is 6.10 Å². The van der Waals surface area contributed by atoms with E-state index < -0.39 is 6.10 Å². The van der Waals surface area contributed by atoms with Gasteiger partial charge in [0.2, 0.25) is 0 Å². The summed E-state index contributed by atoms with van der Waals surface area (Å²) in [4.78, 5) is 16.1. The van der Waals surface area contributed by atoms with Gasteiger partial charge in [-0.05, 0) is 24.3 Å². The first-order valence-electron chi connectivity index (χ1n) is 6.05. The molecule has 1 aromatic carbocycles. The maximum Gasteiger partial charge on any atom is 0.338 e. The predicted molar refractivity (Wildman–Crippen MR) is 84.3 cm³/mol. The number of aromatic nitrogens is 1. The average Bonchev–Trinajstić information content (AvgIpc) is 2.53. The lowest BCUT2D eigenvalue weighted by Gasteiger charge is -2.12. The normalized spacial score (nSPS) is 11.6. The van der Waals surface area contributed by atoms with Crippen LogP contribution in [0.2, 0.25) is 0 Å². The van der Waals surface area contributed by atoms with Gasteiger partial charge in [-0.2, -0.15) is 0 Å². The third-order valence-corrected chi connectivity index (χ3v) is 3.79. The SMILES string of the molecule is O=C(OC(C=S)CSc1ccccn1)c1ccccc1. The summed E-state index contributed by atoms with van der Waals surface area (Å²) in [5.74, 6) is 0.192. The topological polar surface area (TPSA) is 39.2 Å². The van der Waals surface area contributed by atoms with Crippen molar-refractivity contribution in [2.45, 2.75) is 11.1 Å². The van der Waals surface area contributed by atoms with Crippen LogP contribution in [-0.4, -0.2) is 28.2 Å². The molecule has 0 aliphatic rings. The molecule has 0 fully saturated rings. The first-order valence-corrected chi connectivity index (χ1v) is 7.50. The van der Waals surface area contributed by atoms with Crippen LogP contribution < -0.4 is 0 Å². The number of thiocarbonyl (C=S) groups is 1. The third kappa shape index (κ3) is 4.43. The number of nitrogens with zero attached hydrogens (tertiary/aromatic N) is 1. The highest BCUT2D eigenvalue weighted by Crippen LogP contribution is 2.16. The van der Waals surface area contributed by atoms with Gasteiger partial charge in [0.05, 0.1) is 10.6 Å². The van der Waals surface area contributed by atoms with Crippen molar-refractivity contribution in [1.82, 2.24) is 4.98 Å². The van der Waals surface area contributed by atoms with E-state index in [1.165, 1.54) is 17.1 Å². The second-order valence-corrected chi connectivity index (χ2v) is 5.24. The van der Waals surface area contributed by atoms with Crippen molar-refractivity contribution in [3.63, 3.8) is 0 Å². The third-order valence-electron chi connectivity index (χ3n) is 2.45. The van der Waals surface area contributed by atoms with Crippen LogP contribution in [0.15, 0.2) is 59.8 Å². The van der Waals surface area contributed by atoms with Crippen molar-refractivity contribution < 1.29 is 9.53 Å². The minimum absolute atomic E-state index is 0.363. The highest BCUT2D eigenvalue weighted by molar-refractivity contribution is 7.99. The Morgan fingerprint density at radius 2 is 2.00 bits per heavy atom. The van der Waals surface area contributed by atoms with Crippen LogP contribution in [-0.2, 0) is 4.74 Å². The fraction of sp³-hybridized carbons (Fsp3) is 0.133. The van der Waals surface area contributed by atoms with E-state index in [4.69, 9.17) is 17.0 Å². The second-order valence-electron chi connectivity index (χ2n) is 3.92. The molecule has 0 N–H and O–H groups in total. The van der Waals surface area contributed by atoms with Crippen LogP contribution in [0, 0.1) is 0 Å². The number of carbonyl (C=O) groups excluding carboxylic acids is 1. The molecule has 102 valence electrons. The van der Waals surface area contributed by atoms with Crippen molar-refractivity contribution in [2.75, 3.05) is 5.75 Å². The van der Waals surface area contributed by atoms with Crippen LogP contribution >= 0.6 is 24.0 Å². The maximum absolute atomic E-state index is 11.9. The van der Waals surface area contributed by atoms with Gasteiger partial charge < -0.3 is 4.74 Å². The Labute approximate surface area is 127 Å². The molecule has 0 spiro atoms. The Morgan fingerprint density at radius 3 is 2.65 bits per heavy atom. The van der Waals surface area contributed by atoms with Crippen molar-refractivity contribution in [2.24, 2.45) is 0 Å². The number of ether oxygens (including phenoxy) is 1. The molecule has 0 amide bonds. The van der Waals surface area contributed by atoms with E-state index >= 15 is 0 Å². The zero-order valence-corrected chi connectivity index (χ0v) is 12.3. The van der Waals surface area contributed by atoms with Gasteiger partial charge in [-0.15, -0.1) is 11.8 Å². The van der Waals surface area contributed by atoms with Crippen LogP contribution in [0.25, 0.3) is 0 Å². The summed E-state index contributed by atoms with van der Waals surface area (Å²) in [6.45, 7) is 0. The van der Waals surface area contributed by atoms with Gasteiger partial charge in [0.15, 0.2) is 0 Å². The number of hydrogen-bond donors (Lipinski definition) is 0. The van der Waals surface area contributed by atoms with Crippen molar-refractivity contribution in [3.05, 3.63) is 60.3 Å². The van der Waals surface area contributed by atoms with Gasteiger partial charge in [-0.3, -0.25) is 0 Å². The maximum atomic E-state index is 11.9. The van der Waals surface area contributed by atoms with Crippen molar-refractivity contribution in [3.8, 4) is 0 Å². The van der Waals surface area contributed by atoms with E-state index in [9.17, 15) is 4.79 Å². The summed E-state index contributed by atoms with van der Waals surface area (Å²) < 4.78 is 5.36. The van der Waals surface area contributed by atoms with Crippen LogP contribution in [0.5, 0.6) is 0 Å². The van der Waals surface area contributed by atoms with E-state index in [0.717, 1.165) is 5.03 Å². The fourth-order valence-corrected chi connectivity index (χ4v) is 2.56. The lowest BCUT2D eigenvalue weighted by atomic mass is 10.2. The molecule has 1 atom stereocenters. The molecular formula is C15H13NO2S2. The first kappa shape index (κ1) is 14.7. The number of benzene rings is 1. The van der Waals surface area contributed by atoms with E-state index in [1.54, 1.807) is 30.5 Å². The summed E-state index contributed by atoms with van der Waals surface area (Å²) in [7, 11) is 0. The summed E-state index contributed by atoms with van der Waals surface area (Å²) in [5.41, 5.74) is 0.525. The Bertz CT molecular complexity index is 561. The highest BCUT2D eigenvalue weighted by atomic mass is 32.2. The lowest BCUT2D eigenvalue weighted by Crippen LogP contribution is -2.21. The molecule has 3 nitrogen and oxygen atoms in total. The minimum atomic E-state index is -0.412. The number of esters is 1. The summed E-state index contributed by atoms with van der Waals surface area (Å²) in [5, 5.41) is 2.35. The molecule has 2 aromatic rings. The Balaban J connectivity index is 1.89. The highest BCUT2D eigenvalue weighted by Gasteiger charge is 2.14. The smallest absolute Gasteiger partial charge is 0.338 e. The molecule has 0 saturated carbocycles. The predicted octanol–water partition coefficient (Wildman–Crippen LogP) is 3.40. The molecule has 1 aromatic heterocycles. The van der Waals surface area contributed by atoms with Crippen LogP contribution in [0.4, 0.5) is 0 Å². The molecule has 0 aliphatic carbocycles. The molecular weight excluding hydrogens is 290 g/mol. The summed E-state index contributed by atoms with van der Waals surface area (Å²) in [6, 6.07) is 14.6. The van der Waals surface area contributed by atoms with E-state index in [1.807, 2.05) is 24.3 Å². The van der Waals surface area contributed by atoms with E-state index in [0.29, 0.717) is 11.3 Å². The van der Waals surface area contributed by atoms with Crippen molar-refractivity contribution >= 4 is 35.3 Å². The molecule has 1 unspecified atom stereocenters. The number of rotatable bonds is 6.